The van der Waals surface area contributed by atoms with Gasteiger partial charge in [0.1, 0.15) is 0 Å². The van der Waals surface area contributed by atoms with E-state index >= 15 is 0 Å². The van der Waals surface area contributed by atoms with E-state index in [1.165, 1.54) is 4.90 Å². The molecule has 0 spiro atoms. The topological polar surface area (TPSA) is 99.3 Å². The second-order valence-electron chi connectivity index (χ2n) is 7.38. The summed E-state index contributed by atoms with van der Waals surface area (Å²) in [6.45, 7) is 2.44. The van der Waals surface area contributed by atoms with Gasteiger partial charge in [0, 0.05) is 36.1 Å². The normalized spacial score (nSPS) is 15.2. The van der Waals surface area contributed by atoms with E-state index in [0.29, 0.717) is 11.1 Å². The van der Waals surface area contributed by atoms with Crippen LogP contribution in [0.4, 0.5) is 0 Å². The number of sulfonamides is 1. The highest BCUT2D eigenvalue weighted by atomic mass is 32.2. The highest BCUT2D eigenvalue weighted by Gasteiger charge is 2.36. The van der Waals surface area contributed by atoms with Gasteiger partial charge in [0.15, 0.2) is 0 Å². The van der Waals surface area contributed by atoms with Gasteiger partial charge in [-0.15, -0.1) is 0 Å². The molecule has 3 aromatic rings. The highest BCUT2D eigenvalue weighted by Crippen LogP contribution is 2.30. The van der Waals surface area contributed by atoms with Gasteiger partial charge in [0.05, 0.1) is 17.4 Å². The summed E-state index contributed by atoms with van der Waals surface area (Å²) in [6.07, 6.45) is 3.00. The molecule has 4 rings (SSSR count). The van der Waals surface area contributed by atoms with Crippen LogP contribution in [0.3, 0.4) is 0 Å². The van der Waals surface area contributed by atoms with Crippen LogP contribution in [0.25, 0.3) is 10.9 Å². The summed E-state index contributed by atoms with van der Waals surface area (Å²) in [7, 11) is -3.28. The lowest BCUT2D eigenvalue weighted by Crippen LogP contribution is -2.33. The summed E-state index contributed by atoms with van der Waals surface area (Å²) in [5, 5.41) is 0.946. The zero-order chi connectivity index (χ0) is 20.8. The average Bonchev–Trinajstić information content (AvgIpc) is 3.21. The zero-order valence-electron chi connectivity index (χ0n) is 16.1. The van der Waals surface area contributed by atoms with Gasteiger partial charge in [0.2, 0.25) is 10.0 Å². The molecule has 2 N–H and O–H groups in total. The molecule has 2 aromatic carbocycles. The fourth-order valence-electron chi connectivity index (χ4n) is 3.70. The van der Waals surface area contributed by atoms with Gasteiger partial charge in [-0.05, 0) is 35.4 Å². The summed E-state index contributed by atoms with van der Waals surface area (Å²) in [6, 6.07) is 12.5. The summed E-state index contributed by atoms with van der Waals surface area (Å²) in [4.78, 5) is 29.8. The van der Waals surface area contributed by atoms with Crippen molar-refractivity contribution in [2.45, 2.75) is 19.4 Å². The molecule has 0 saturated heterocycles. The molecular weight excluding hydrogens is 390 g/mol. The number of rotatable bonds is 6. The van der Waals surface area contributed by atoms with Crippen LogP contribution >= 0.6 is 0 Å². The first-order chi connectivity index (χ1) is 13.7. The maximum absolute atomic E-state index is 12.6. The number of fused-ring (bicyclic) bond motifs is 2. The molecule has 0 fully saturated rings. The molecule has 0 bridgehead atoms. The van der Waals surface area contributed by atoms with E-state index in [-0.39, 0.29) is 30.8 Å². The standard InChI is InChI=1S/C21H21N3O4S/c1-13(12-24-20(25)15-5-3-4-6-16(15)21(24)26)18-11-22-19-8-7-14(9-17(18)19)10-23-29(2,27)28/h3-9,11,13,22-23H,10,12H2,1-2H3. The van der Waals surface area contributed by atoms with Gasteiger partial charge < -0.3 is 4.98 Å². The molecule has 1 aliphatic heterocycles. The quantitative estimate of drug-likeness (QED) is 0.609. The maximum atomic E-state index is 12.6. The van der Waals surface area contributed by atoms with Gasteiger partial charge in [-0.2, -0.15) is 0 Å². The predicted molar refractivity (Wildman–Crippen MR) is 110 cm³/mol. The first-order valence-corrected chi connectivity index (χ1v) is 11.1. The lowest BCUT2D eigenvalue weighted by molar-refractivity contribution is 0.0646. The van der Waals surface area contributed by atoms with Crippen molar-refractivity contribution in [3.8, 4) is 0 Å². The number of H-pyrrole nitrogens is 1. The van der Waals surface area contributed by atoms with E-state index < -0.39 is 10.0 Å². The molecule has 0 saturated carbocycles. The summed E-state index contributed by atoms with van der Waals surface area (Å²) < 4.78 is 25.2. The fourth-order valence-corrected chi connectivity index (χ4v) is 4.13. The summed E-state index contributed by atoms with van der Waals surface area (Å²) in [5.41, 5.74) is 3.60. The van der Waals surface area contributed by atoms with E-state index in [1.54, 1.807) is 24.3 Å². The molecule has 2 amide bonds. The number of amides is 2. The molecule has 1 aromatic heterocycles. The summed E-state index contributed by atoms with van der Waals surface area (Å²) >= 11 is 0. The molecule has 0 aliphatic carbocycles. The minimum absolute atomic E-state index is 0.0934. The number of hydrogen-bond acceptors (Lipinski definition) is 4. The zero-order valence-corrected chi connectivity index (χ0v) is 16.9. The average molecular weight is 411 g/mol. The van der Waals surface area contributed by atoms with Crippen molar-refractivity contribution < 1.29 is 18.0 Å². The maximum Gasteiger partial charge on any atom is 0.261 e. The van der Waals surface area contributed by atoms with Crippen LogP contribution in [0.1, 0.15) is 44.7 Å². The van der Waals surface area contributed by atoms with E-state index in [4.69, 9.17) is 0 Å². The minimum atomic E-state index is -3.28. The van der Waals surface area contributed by atoms with Crippen LogP contribution in [-0.2, 0) is 16.6 Å². The van der Waals surface area contributed by atoms with Crippen LogP contribution in [-0.4, -0.2) is 42.9 Å². The van der Waals surface area contributed by atoms with Crippen molar-refractivity contribution in [1.29, 1.82) is 0 Å². The Bertz CT molecular complexity index is 1190. The van der Waals surface area contributed by atoms with Gasteiger partial charge in [0.25, 0.3) is 11.8 Å². The Morgan fingerprint density at radius 3 is 2.34 bits per heavy atom. The molecule has 150 valence electrons. The molecule has 1 unspecified atom stereocenters. The molecule has 29 heavy (non-hydrogen) atoms. The third-order valence-electron chi connectivity index (χ3n) is 5.18. The van der Waals surface area contributed by atoms with E-state index in [2.05, 4.69) is 9.71 Å². The van der Waals surface area contributed by atoms with E-state index in [9.17, 15) is 18.0 Å². The molecular formula is C21H21N3O4S. The van der Waals surface area contributed by atoms with Crippen molar-refractivity contribution in [1.82, 2.24) is 14.6 Å². The van der Waals surface area contributed by atoms with Crippen molar-refractivity contribution in [3.05, 3.63) is 70.9 Å². The first-order valence-electron chi connectivity index (χ1n) is 9.24. The van der Waals surface area contributed by atoms with Crippen LogP contribution < -0.4 is 4.72 Å². The van der Waals surface area contributed by atoms with Crippen LogP contribution in [0, 0.1) is 0 Å². The third kappa shape index (κ3) is 3.68. The predicted octanol–water partition coefficient (Wildman–Crippen LogP) is 2.62. The number of nitrogens with one attached hydrogen (secondary N) is 2. The van der Waals surface area contributed by atoms with Gasteiger partial charge >= 0.3 is 0 Å². The number of imide groups is 1. The number of nitrogens with zero attached hydrogens (tertiary/aromatic N) is 1. The molecule has 7 nitrogen and oxygen atoms in total. The van der Waals surface area contributed by atoms with Crippen LogP contribution in [0.15, 0.2) is 48.7 Å². The highest BCUT2D eigenvalue weighted by molar-refractivity contribution is 7.88. The van der Waals surface area contributed by atoms with Crippen LogP contribution in [0.2, 0.25) is 0 Å². The number of hydrogen-bond donors (Lipinski definition) is 2. The van der Waals surface area contributed by atoms with Gasteiger partial charge in [-0.25, -0.2) is 13.1 Å². The largest absolute Gasteiger partial charge is 0.361 e. The van der Waals surface area contributed by atoms with Crippen molar-refractivity contribution in [2.75, 3.05) is 12.8 Å². The van der Waals surface area contributed by atoms with E-state index in [0.717, 1.165) is 28.3 Å². The Kier molecular flexibility index (Phi) is 4.76. The molecule has 8 heteroatoms. The number of aromatic amines is 1. The Morgan fingerprint density at radius 1 is 1.07 bits per heavy atom. The minimum Gasteiger partial charge on any atom is -0.361 e. The van der Waals surface area contributed by atoms with Crippen LogP contribution in [0.5, 0.6) is 0 Å². The molecule has 0 radical (unpaired) electrons. The Balaban J connectivity index is 1.58. The third-order valence-corrected chi connectivity index (χ3v) is 5.85. The number of carbonyl (C=O) groups excluding carboxylic acids is 2. The van der Waals surface area contributed by atoms with Crippen molar-refractivity contribution >= 4 is 32.7 Å². The lowest BCUT2D eigenvalue weighted by Gasteiger charge is -2.19. The van der Waals surface area contributed by atoms with Crippen molar-refractivity contribution in [2.24, 2.45) is 0 Å². The number of aromatic nitrogens is 1. The second kappa shape index (κ2) is 7.13. The number of carbonyl (C=O) groups is 2. The molecule has 1 aliphatic rings. The van der Waals surface area contributed by atoms with E-state index in [1.807, 2.05) is 31.3 Å². The Hall–Kier alpha value is -2.97. The Labute approximate surface area is 168 Å². The molecule has 2 heterocycles. The first kappa shape index (κ1) is 19.4. The van der Waals surface area contributed by atoms with Gasteiger partial charge in [-0.3, -0.25) is 14.5 Å². The SMILES string of the molecule is CC(CN1C(=O)c2ccccc2C1=O)c1c[nH]c2ccc(CNS(C)(=O)=O)cc12. The smallest absolute Gasteiger partial charge is 0.261 e. The van der Waals surface area contributed by atoms with Crippen molar-refractivity contribution in [3.63, 3.8) is 0 Å². The second-order valence-corrected chi connectivity index (χ2v) is 9.22. The summed E-state index contributed by atoms with van der Waals surface area (Å²) in [5.74, 6) is -0.630. The monoisotopic (exact) mass is 411 g/mol. The van der Waals surface area contributed by atoms with Gasteiger partial charge in [-0.1, -0.05) is 25.1 Å². The lowest BCUT2D eigenvalue weighted by atomic mass is 9.98. The Morgan fingerprint density at radius 2 is 1.72 bits per heavy atom. The molecule has 1 atom stereocenters. The number of benzene rings is 2. The fraction of sp³-hybridized carbons (Fsp3) is 0.238.